The molecule has 0 aliphatic carbocycles. The van der Waals surface area contributed by atoms with E-state index >= 15 is 0 Å². The van der Waals surface area contributed by atoms with Crippen LogP contribution in [0.5, 0.6) is 0 Å². The van der Waals surface area contributed by atoms with Crippen LogP contribution in [0.15, 0.2) is 67.0 Å². The van der Waals surface area contributed by atoms with E-state index in [4.69, 9.17) is 0 Å². The summed E-state index contributed by atoms with van der Waals surface area (Å²) in [7, 11) is 2.06. The number of halogens is 2. The summed E-state index contributed by atoms with van der Waals surface area (Å²) >= 11 is 0. The standard InChI is InChI=1S/C20H22N4O.2ClH/c1-23(16-5-3-2-4-6-16)17-9-7-15(8-10-17)20-22-11-12-24(20)18-13-21-14-19(18)25;;/h2-12,18-19,21,25H,13-14H2,1H3;2*1H/t18-,19+;;/m1../s1. The number of rotatable bonds is 4. The first-order valence-corrected chi connectivity index (χ1v) is 8.55. The minimum atomic E-state index is -0.378. The number of hydrogen-bond acceptors (Lipinski definition) is 4. The van der Waals surface area contributed by atoms with Crippen molar-refractivity contribution in [2.45, 2.75) is 12.1 Å². The zero-order chi connectivity index (χ0) is 17.2. The summed E-state index contributed by atoms with van der Waals surface area (Å²) in [6, 6.07) is 18.7. The third-order valence-electron chi connectivity index (χ3n) is 4.83. The van der Waals surface area contributed by atoms with Gasteiger partial charge in [-0.1, -0.05) is 18.2 Å². The maximum atomic E-state index is 10.2. The summed E-state index contributed by atoms with van der Waals surface area (Å²) in [6.45, 7) is 1.39. The van der Waals surface area contributed by atoms with Crippen molar-refractivity contribution in [3.05, 3.63) is 67.0 Å². The van der Waals surface area contributed by atoms with E-state index in [1.807, 2.05) is 24.4 Å². The molecule has 1 saturated heterocycles. The second kappa shape index (κ2) is 9.24. The first kappa shape index (κ1) is 21.3. The molecule has 2 N–H and O–H groups in total. The van der Waals surface area contributed by atoms with Crippen LogP contribution in [-0.2, 0) is 0 Å². The average Bonchev–Trinajstić information content (AvgIpc) is 3.30. The number of aromatic nitrogens is 2. The number of nitrogens with zero attached hydrogens (tertiary/aromatic N) is 3. The summed E-state index contributed by atoms with van der Waals surface area (Å²) in [5, 5.41) is 13.4. The normalized spacial score (nSPS) is 18.4. The maximum Gasteiger partial charge on any atom is 0.140 e. The van der Waals surface area contributed by atoms with Crippen molar-refractivity contribution in [3.8, 4) is 11.4 Å². The van der Waals surface area contributed by atoms with Crippen molar-refractivity contribution in [3.63, 3.8) is 0 Å². The molecule has 1 fully saturated rings. The number of anilines is 2. The van der Waals surface area contributed by atoms with Crippen LogP contribution in [0.3, 0.4) is 0 Å². The van der Waals surface area contributed by atoms with Crippen LogP contribution >= 0.6 is 24.8 Å². The minimum absolute atomic E-state index is 0. The Balaban J connectivity index is 0.00000131. The molecule has 0 saturated carbocycles. The van der Waals surface area contributed by atoms with Crippen molar-refractivity contribution >= 4 is 36.2 Å². The number of β-amino-alcohol motifs (C(OH)–C–C–N with tert-alkyl or cyclic N) is 1. The molecule has 2 atom stereocenters. The molecule has 0 unspecified atom stereocenters. The Kier molecular flexibility index (Phi) is 7.27. The van der Waals surface area contributed by atoms with Gasteiger partial charge in [0.05, 0.1) is 12.1 Å². The van der Waals surface area contributed by atoms with Gasteiger partial charge in [-0.3, -0.25) is 0 Å². The topological polar surface area (TPSA) is 53.3 Å². The van der Waals surface area contributed by atoms with Gasteiger partial charge in [0.15, 0.2) is 0 Å². The quantitative estimate of drug-likeness (QED) is 0.693. The molecule has 4 rings (SSSR count). The van der Waals surface area contributed by atoms with Gasteiger partial charge in [0.25, 0.3) is 0 Å². The number of aliphatic hydroxyl groups excluding tert-OH is 1. The van der Waals surface area contributed by atoms with Crippen LogP contribution in [0.4, 0.5) is 11.4 Å². The van der Waals surface area contributed by atoms with Crippen LogP contribution in [0.25, 0.3) is 11.4 Å². The molecule has 2 aromatic carbocycles. The van der Waals surface area contributed by atoms with Crippen LogP contribution in [0.2, 0.25) is 0 Å². The predicted molar refractivity (Wildman–Crippen MR) is 115 cm³/mol. The second-order valence-corrected chi connectivity index (χ2v) is 6.39. The Hall–Kier alpha value is -2.05. The number of para-hydroxylation sites is 1. The number of hydrogen-bond donors (Lipinski definition) is 2. The highest BCUT2D eigenvalue weighted by Crippen LogP contribution is 2.28. The third kappa shape index (κ3) is 4.28. The Morgan fingerprint density at radius 2 is 1.67 bits per heavy atom. The SMILES string of the molecule is CN(c1ccccc1)c1ccc(-c2nccn2[C@@H]2CNC[C@@H]2O)cc1.Cl.Cl. The molecule has 7 heteroatoms. The smallest absolute Gasteiger partial charge is 0.140 e. The van der Waals surface area contributed by atoms with E-state index in [2.05, 4.69) is 63.2 Å². The average molecular weight is 407 g/mol. The van der Waals surface area contributed by atoms with E-state index < -0.39 is 0 Å². The molecule has 0 radical (unpaired) electrons. The molecule has 0 amide bonds. The van der Waals surface area contributed by atoms with Gasteiger partial charge < -0.3 is 19.9 Å². The van der Waals surface area contributed by atoms with Crippen molar-refractivity contribution in [1.82, 2.24) is 14.9 Å². The highest BCUT2D eigenvalue weighted by Gasteiger charge is 2.28. The fourth-order valence-corrected chi connectivity index (χ4v) is 3.37. The molecule has 144 valence electrons. The first-order chi connectivity index (χ1) is 12.2. The molecule has 3 aromatic rings. The van der Waals surface area contributed by atoms with Crippen LogP contribution in [0, 0.1) is 0 Å². The second-order valence-electron chi connectivity index (χ2n) is 6.39. The molecule has 1 aliphatic rings. The predicted octanol–water partition coefficient (Wildman–Crippen LogP) is 3.67. The van der Waals surface area contributed by atoms with Crippen molar-refractivity contribution in [2.75, 3.05) is 25.0 Å². The molecule has 5 nitrogen and oxygen atoms in total. The molecule has 1 aliphatic heterocycles. The lowest BCUT2D eigenvalue weighted by molar-refractivity contribution is 0.151. The van der Waals surface area contributed by atoms with E-state index in [-0.39, 0.29) is 37.0 Å². The summed E-state index contributed by atoms with van der Waals surface area (Å²) in [6.07, 6.45) is 3.36. The third-order valence-corrected chi connectivity index (χ3v) is 4.83. The van der Waals surface area contributed by atoms with Gasteiger partial charge in [-0.2, -0.15) is 0 Å². The van der Waals surface area contributed by atoms with Crippen molar-refractivity contribution < 1.29 is 5.11 Å². The lowest BCUT2D eigenvalue weighted by Gasteiger charge is -2.20. The molecule has 1 aromatic heterocycles. The number of benzene rings is 2. The fraction of sp³-hybridized carbons (Fsp3) is 0.250. The number of nitrogens with one attached hydrogen (secondary N) is 1. The molecule has 2 heterocycles. The highest BCUT2D eigenvalue weighted by molar-refractivity contribution is 5.85. The largest absolute Gasteiger partial charge is 0.390 e. The van der Waals surface area contributed by atoms with Crippen molar-refractivity contribution in [2.24, 2.45) is 0 Å². The van der Waals surface area contributed by atoms with Gasteiger partial charge in [0.2, 0.25) is 0 Å². The van der Waals surface area contributed by atoms with E-state index in [1.165, 1.54) is 0 Å². The van der Waals surface area contributed by atoms with Gasteiger partial charge in [-0.25, -0.2) is 4.98 Å². The van der Waals surface area contributed by atoms with Crippen molar-refractivity contribution in [1.29, 1.82) is 0 Å². The first-order valence-electron chi connectivity index (χ1n) is 8.55. The Labute approximate surface area is 171 Å². The van der Waals surface area contributed by atoms with E-state index in [0.717, 1.165) is 29.3 Å². The Bertz CT molecular complexity index is 839. The van der Waals surface area contributed by atoms with Crippen LogP contribution in [-0.4, -0.2) is 40.9 Å². The minimum Gasteiger partial charge on any atom is -0.390 e. The van der Waals surface area contributed by atoms with Gasteiger partial charge in [0, 0.05) is 49.5 Å². The maximum absolute atomic E-state index is 10.2. The molecule has 27 heavy (non-hydrogen) atoms. The molecular weight excluding hydrogens is 383 g/mol. The summed E-state index contributed by atoms with van der Waals surface area (Å²) in [5.41, 5.74) is 3.32. The highest BCUT2D eigenvalue weighted by atomic mass is 35.5. The molecule has 0 bridgehead atoms. The zero-order valence-corrected chi connectivity index (χ0v) is 16.7. The monoisotopic (exact) mass is 406 g/mol. The van der Waals surface area contributed by atoms with Crippen LogP contribution < -0.4 is 10.2 Å². The Morgan fingerprint density at radius 1 is 1.00 bits per heavy atom. The summed E-state index contributed by atoms with van der Waals surface area (Å²) in [4.78, 5) is 6.66. The summed E-state index contributed by atoms with van der Waals surface area (Å²) in [5.74, 6) is 0.890. The van der Waals surface area contributed by atoms with E-state index in [9.17, 15) is 5.11 Å². The van der Waals surface area contributed by atoms with Gasteiger partial charge in [-0.05, 0) is 36.4 Å². The van der Waals surface area contributed by atoms with Crippen LogP contribution in [0.1, 0.15) is 6.04 Å². The molecule has 0 spiro atoms. The summed E-state index contributed by atoms with van der Waals surface area (Å²) < 4.78 is 2.07. The van der Waals surface area contributed by atoms with E-state index in [0.29, 0.717) is 6.54 Å². The number of aliphatic hydroxyl groups is 1. The van der Waals surface area contributed by atoms with Gasteiger partial charge >= 0.3 is 0 Å². The van der Waals surface area contributed by atoms with E-state index in [1.54, 1.807) is 6.20 Å². The van der Waals surface area contributed by atoms with Gasteiger partial charge in [0.1, 0.15) is 5.82 Å². The number of imidazole rings is 1. The lowest BCUT2D eigenvalue weighted by atomic mass is 10.1. The fourth-order valence-electron chi connectivity index (χ4n) is 3.37. The molecular formula is C20H24Cl2N4O. The Morgan fingerprint density at radius 3 is 2.30 bits per heavy atom. The lowest BCUT2D eigenvalue weighted by Crippen LogP contribution is -2.22. The van der Waals surface area contributed by atoms with Gasteiger partial charge in [-0.15, -0.1) is 24.8 Å². The zero-order valence-electron chi connectivity index (χ0n) is 15.0.